The Morgan fingerprint density at radius 1 is 0.304 bits per heavy atom. The van der Waals surface area contributed by atoms with Crippen LogP contribution in [0.2, 0.25) is 0 Å². The molecule has 11 rings (SSSR count). The van der Waals surface area contributed by atoms with E-state index in [9.17, 15) is 0 Å². The molecule has 0 saturated carbocycles. The van der Waals surface area contributed by atoms with Gasteiger partial charge in [0, 0.05) is 33.0 Å². The molecule has 0 aliphatic heterocycles. The number of aromatic nitrogens is 5. The van der Waals surface area contributed by atoms with Crippen LogP contribution in [0.1, 0.15) is 0 Å². The maximum absolute atomic E-state index is 6.33. The summed E-state index contributed by atoms with van der Waals surface area (Å²) in [7, 11) is 0. The lowest BCUT2D eigenvalue weighted by atomic mass is 9.99. The van der Waals surface area contributed by atoms with Gasteiger partial charge in [-0.3, -0.25) is 0 Å². The van der Waals surface area contributed by atoms with E-state index in [4.69, 9.17) is 33.8 Å². The molecule has 262 valence electrons. The molecule has 0 spiro atoms. The van der Waals surface area contributed by atoms with Crippen molar-refractivity contribution in [2.75, 3.05) is 0 Å². The molecule has 0 amide bonds. The summed E-state index contributed by atoms with van der Waals surface area (Å²) < 4.78 is 12.6. The maximum atomic E-state index is 6.33. The van der Waals surface area contributed by atoms with Crippen LogP contribution in [-0.2, 0) is 0 Å². The highest BCUT2D eigenvalue weighted by Gasteiger charge is 2.20. The van der Waals surface area contributed by atoms with Crippen molar-refractivity contribution in [2.24, 2.45) is 0 Å². The molecular weight excluding hydrogens is 691 g/mol. The van der Waals surface area contributed by atoms with Gasteiger partial charge in [0.15, 0.2) is 22.8 Å². The number of fused-ring (bicyclic) bond motifs is 6. The fourth-order valence-corrected chi connectivity index (χ4v) is 7.42. The molecule has 0 unspecified atom stereocenters. The maximum Gasteiger partial charge on any atom is 0.180 e. The van der Waals surface area contributed by atoms with Crippen molar-refractivity contribution in [3.05, 3.63) is 176 Å². The first kappa shape index (κ1) is 31.7. The van der Waals surface area contributed by atoms with Crippen LogP contribution in [0.15, 0.2) is 185 Å². The topological polar surface area (TPSA) is 90.7 Å². The number of para-hydroxylation sites is 2. The Labute approximate surface area is 320 Å². The highest BCUT2D eigenvalue weighted by Crippen LogP contribution is 2.38. The largest absolute Gasteiger partial charge is 0.452 e. The molecule has 7 heteroatoms. The van der Waals surface area contributed by atoms with Crippen molar-refractivity contribution in [3.63, 3.8) is 0 Å². The Balaban J connectivity index is 0.990. The Bertz CT molecular complexity index is 3050. The molecule has 0 saturated heterocycles. The van der Waals surface area contributed by atoms with Crippen LogP contribution in [0.3, 0.4) is 0 Å². The number of furan rings is 2. The summed E-state index contributed by atoms with van der Waals surface area (Å²) in [5, 5.41) is 1.90. The van der Waals surface area contributed by atoms with Crippen molar-refractivity contribution in [1.82, 2.24) is 24.9 Å². The number of nitrogens with zero attached hydrogens (tertiary/aromatic N) is 5. The van der Waals surface area contributed by atoms with Gasteiger partial charge in [-0.15, -0.1) is 0 Å². The summed E-state index contributed by atoms with van der Waals surface area (Å²) in [4.78, 5) is 25.4. The smallest absolute Gasteiger partial charge is 0.180 e. The van der Waals surface area contributed by atoms with Crippen molar-refractivity contribution in [2.45, 2.75) is 0 Å². The lowest BCUT2D eigenvalue weighted by molar-refractivity contribution is 0.667. The third kappa shape index (κ3) is 5.41. The minimum absolute atomic E-state index is 0.533. The monoisotopic (exact) mass is 719 g/mol. The third-order valence-corrected chi connectivity index (χ3v) is 10.1. The van der Waals surface area contributed by atoms with Gasteiger partial charge in [0.1, 0.15) is 39.3 Å². The van der Waals surface area contributed by atoms with Crippen LogP contribution < -0.4 is 0 Å². The van der Waals surface area contributed by atoms with E-state index in [0.717, 1.165) is 83.4 Å². The zero-order chi connectivity index (χ0) is 37.0. The summed E-state index contributed by atoms with van der Waals surface area (Å²) in [6.07, 6.45) is 0. The van der Waals surface area contributed by atoms with E-state index >= 15 is 0 Å². The lowest BCUT2D eigenvalue weighted by Crippen LogP contribution is -1.96. The first-order valence-corrected chi connectivity index (χ1v) is 18.4. The molecule has 5 heterocycles. The Hall–Kier alpha value is -7.77. The minimum atomic E-state index is 0.533. The molecule has 0 aliphatic rings. The molecule has 0 fully saturated rings. The number of rotatable bonds is 6. The summed E-state index contributed by atoms with van der Waals surface area (Å²) in [5.74, 6) is 1.17. The molecule has 6 aromatic carbocycles. The van der Waals surface area contributed by atoms with Crippen LogP contribution in [0, 0.1) is 0 Å². The summed E-state index contributed by atoms with van der Waals surface area (Å²) in [6.45, 7) is 0. The third-order valence-electron chi connectivity index (χ3n) is 10.1. The van der Waals surface area contributed by atoms with E-state index in [-0.39, 0.29) is 0 Å². The molecule has 0 aliphatic carbocycles. The highest BCUT2D eigenvalue weighted by atomic mass is 16.3. The summed E-state index contributed by atoms with van der Waals surface area (Å²) in [5.41, 5.74) is 13.3. The molecule has 56 heavy (non-hydrogen) atoms. The molecule has 5 aromatic heterocycles. The Kier molecular flexibility index (Phi) is 7.35. The van der Waals surface area contributed by atoms with E-state index < -0.39 is 0 Å². The van der Waals surface area contributed by atoms with E-state index in [1.54, 1.807) is 0 Å². The molecular formula is C49H29N5O2. The number of benzene rings is 6. The molecule has 0 radical (unpaired) electrons. The van der Waals surface area contributed by atoms with E-state index in [2.05, 4.69) is 60.7 Å². The zero-order valence-electron chi connectivity index (χ0n) is 29.8. The van der Waals surface area contributed by atoms with Crippen LogP contribution >= 0.6 is 0 Å². The SMILES string of the molecule is c1ccc(-c2nc(-c3cccc(-c4cccc(-c5cccc(-c6nc(-c7ccccc7)c7oc8ccccc8c7n6)n5)c4)c3)nc3c2oc2ccccc23)cc1. The second-order valence-electron chi connectivity index (χ2n) is 13.6. The van der Waals surface area contributed by atoms with Crippen LogP contribution in [0.4, 0.5) is 0 Å². The van der Waals surface area contributed by atoms with Crippen LogP contribution in [-0.4, -0.2) is 24.9 Å². The molecule has 0 atom stereocenters. The average Bonchev–Trinajstić information content (AvgIpc) is 3.85. The minimum Gasteiger partial charge on any atom is -0.452 e. The standard InChI is InChI=1S/C49H29N5O2/c1-3-14-30(15-4-1)42-46-44(36-22-7-9-26-40(36)55-46)53-48(51-42)35-21-12-19-33(29-35)32-18-11-20-34(28-32)38-24-13-25-39(50-38)49-52-43(31-16-5-2-6-17-31)47-45(54-49)37-23-8-10-27-41(37)56-47/h1-29H. The Morgan fingerprint density at radius 3 is 1.38 bits per heavy atom. The zero-order valence-corrected chi connectivity index (χ0v) is 29.8. The normalized spacial score (nSPS) is 11.6. The van der Waals surface area contributed by atoms with E-state index in [1.807, 2.05) is 115 Å². The second-order valence-corrected chi connectivity index (χ2v) is 13.6. The van der Waals surface area contributed by atoms with E-state index in [0.29, 0.717) is 28.5 Å². The van der Waals surface area contributed by atoms with Gasteiger partial charge >= 0.3 is 0 Å². The summed E-state index contributed by atoms with van der Waals surface area (Å²) in [6, 6.07) is 58.9. The van der Waals surface area contributed by atoms with Gasteiger partial charge in [-0.25, -0.2) is 24.9 Å². The first-order chi connectivity index (χ1) is 27.7. The first-order valence-electron chi connectivity index (χ1n) is 18.4. The fraction of sp³-hybridized carbons (Fsp3) is 0. The Morgan fingerprint density at radius 2 is 0.750 bits per heavy atom. The summed E-state index contributed by atoms with van der Waals surface area (Å²) >= 11 is 0. The number of hydrogen-bond donors (Lipinski definition) is 0. The van der Waals surface area contributed by atoms with Crippen LogP contribution in [0.25, 0.3) is 112 Å². The van der Waals surface area contributed by atoms with Gasteiger partial charge in [0.25, 0.3) is 0 Å². The van der Waals surface area contributed by atoms with Crippen molar-refractivity contribution < 1.29 is 8.83 Å². The van der Waals surface area contributed by atoms with Gasteiger partial charge in [0.2, 0.25) is 0 Å². The van der Waals surface area contributed by atoms with Crippen LogP contribution in [0.5, 0.6) is 0 Å². The van der Waals surface area contributed by atoms with E-state index in [1.165, 1.54) is 0 Å². The highest BCUT2D eigenvalue weighted by molar-refractivity contribution is 6.08. The van der Waals surface area contributed by atoms with Gasteiger partial charge in [-0.05, 0) is 59.7 Å². The predicted molar refractivity (Wildman–Crippen MR) is 223 cm³/mol. The quantitative estimate of drug-likeness (QED) is 0.169. The second kappa shape index (κ2) is 13.0. The van der Waals surface area contributed by atoms with Crippen molar-refractivity contribution in [3.8, 4) is 67.8 Å². The average molecular weight is 720 g/mol. The number of pyridine rings is 1. The molecule has 0 N–H and O–H groups in total. The molecule has 7 nitrogen and oxygen atoms in total. The number of hydrogen-bond acceptors (Lipinski definition) is 7. The van der Waals surface area contributed by atoms with Gasteiger partial charge < -0.3 is 8.83 Å². The van der Waals surface area contributed by atoms with Crippen molar-refractivity contribution in [1.29, 1.82) is 0 Å². The fourth-order valence-electron chi connectivity index (χ4n) is 7.42. The predicted octanol–water partition coefficient (Wildman–Crippen LogP) is 12.5. The van der Waals surface area contributed by atoms with Gasteiger partial charge in [0.05, 0.1) is 5.69 Å². The molecule has 11 aromatic rings. The van der Waals surface area contributed by atoms with Gasteiger partial charge in [-0.2, -0.15) is 0 Å². The lowest BCUT2D eigenvalue weighted by Gasteiger charge is -2.10. The van der Waals surface area contributed by atoms with Crippen molar-refractivity contribution >= 4 is 44.1 Å². The van der Waals surface area contributed by atoms with Gasteiger partial charge in [-0.1, -0.05) is 127 Å². The molecule has 0 bridgehead atoms.